The number of carbonyl (C=O) groups excluding carboxylic acids is 2. The van der Waals surface area contributed by atoms with E-state index in [-0.39, 0.29) is 24.0 Å². The summed E-state index contributed by atoms with van der Waals surface area (Å²) in [4.78, 5) is 24.8. The van der Waals surface area contributed by atoms with Crippen molar-refractivity contribution in [1.29, 1.82) is 0 Å². The van der Waals surface area contributed by atoms with E-state index >= 15 is 0 Å². The molecule has 0 aliphatic rings. The van der Waals surface area contributed by atoms with Gasteiger partial charge >= 0.3 is 0 Å². The Labute approximate surface area is 139 Å². The van der Waals surface area contributed by atoms with Crippen molar-refractivity contribution >= 4 is 33.9 Å². The fraction of sp³-hybridized carbons (Fsp3) is 0.105. The van der Waals surface area contributed by atoms with Crippen LogP contribution in [0.3, 0.4) is 0 Å². The number of rotatable bonds is 5. The van der Waals surface area contributed by atoms with Gasteiger partial charge in [-0.1, -0.05) is 48.5 Å². The first kappa shape index (κ1) is 15.4. The lowest BCUT2D eigenvalue weighted by atomic mass is 10.1. The molecule has 3 aromatic rings. The Morgan fingerprint density at radius 2 is 1.57 bits per heavy atom. The minimum absolute atomic E-state index is 0.0468. The predicted octanol–water partition coefficient (Wildman–Crippen LogP) is 3.43. The molecule has 0 saturated heterocycles. The van der Waals surface area contributed by atoms with Crippen molar-refractivity contribution in [3.8, 4) is 0 Å². The standard InChI is InChI=1S/C19H15ClNO2/c20-12-17(22)19-16-9-5-4-6-14(16)10-11-21(19)13-18(23)15-7-2-1-3-8-15/h1-11H,12-13H2/q+1. The van der Waals surface area contributed by atoms with Crippen LogP contribution in [0.4, 0.5) is 0 Å². The first-order valence-electron chi connectivity index (χ1n) is 7.29. The van der Waals surface area contributed by atoms with Gasteiger partial charge in [-0.3, -0.25) is 9.59 Å². The predicted molar refractivity (Wildman–Crippen MR) is 90.0 cm³/mol. The number of ketones is 2. The van der Waals surface area contributed by atoms with E-state index in [1.807, 2.05) is 48.5 Å². The quantitative estimate of drug-likeness (QED) is 0.410. The molecule has 0 unspecified atom stereocenters. The Balaban J connectivity index is 2.07. The summed E-state index contributed by atoms with van der Waals surface area (Å²) >= 11 is 5.76. The molecule has 114 valence electrons. The smallest absolute Gasteiger partial charge is 0.258 e. The van der Waals surface area contributed by atoms with Crippen LogP contribution in [0.15, 0.2) is 66.9 Å². The maximum absolute atomic E-state index is 12.4. The van der Waals surface area contributed by atoms with Crippen molar-refractivity contribution in [2.45, 2.75) is 6.54 Å². The second-order valence-electron chi connectivity index (χ2n) is 5.23. The molecule has 0 radical (unpaired) electrons. The number of fused-ring (bicyclic) bond motifs is 1. The Morgan fingerprint density at radius 3 is 2.30 bits per heavy atom. The molecule has 0 saturated carbocycles. The lowest BCUT2D eigenvalue weighted by Crippen LogP contribution is -2.44. The zero-order chi connectivity index (χ0) is 16.2. The van der Waals surface area contributed by atoms with E-state index in [0.717, 1.165) is 10.8 Å². The van der Waals surface area contributed by atoms with Crippen LogP contribution in [-0.4, -0.2) is 17.4 Å². The molecule has 1 heterocycles. The molecule has 23 heavy (non-hydrogen) atoms. The minimum atomic E-state index is -0.190. The van der Waals surface area contributed by atoms with Crippen LogP contribution in [0.5, 0.6) is 0 Å². The Kier molecular flexibility index (Phi) is 4.49. The molecule has 0 fully saturated rings. The molecule has 0 atom stereocenters. The normalized spacial score (nSPS) is 10.7. The van der Waals surface area contributed by atoms with Gasteiger partial charge in [0.15, 0.2) is 6.20 Å². The largest absolute Gasteiger partial charge is 0.287 e. The molecular formula is C19H15ClNO2+. The van der Waals surface area contributed by atoms with Crippen LogP contribution in [-0.2, 0) is 6.54 Å². The number of Topliss-reactive ketones (excluding diaryl/α,β-unsaturated/α-hetero) is 2. The van der Waals surface area contributed by atoms with E-state index in [4.69, 9.17) is 11.6 Å². The Bertz CT molecular complexity index is 875. The van der Waals surface area contributed by atoms with E-state index < -0.39 is 0 Å². The van der Waals surface area contributed by atoms with Gasteiger partial charge in [0.2, 0.25) is 18.1 Å². The number of hydrogen-bond acceptors (Lipinski definition) is 2. The lowest BCUT2D eigenvalue weighted by molar-refractivity contribution is -0.683. The topological polar surface area (TPSA) is 38.0 Å². The van der Waals surface area contributed by atoms with E-state index in [2.05, 4.69) is 0 Å². The maximum Gasteiger partial charge on any atom is 0.258 e. The van der Waals surface area contributed by atoms with E-state index in [0.29, 0.717) is 11.3 Å². The van der Waals surface area contributed by atoms with Crippen molar-refractivity contribution < 1.29 is 14.2 Å². The highest BCUT2D eigenvalue weighted by atomic mass is 35.5. The van der Waals surface area contributed by atoms with Gasteiger partial charge in [0.1, 0.15) is 0 Å². The molecule has 3 rings (SSSR count). The summed E-state index contributed by atoms with van der Waals surface area (Å²) in [5, 5.41) is 1.76. The number of hydrogen-bond donors (Lipinski definition) is 0. The minimum Gasteiger partial charge on any atom is -0.287 e. The fourth-order valence-corrected chi connectivity index (χ4v) is 2.76. The molecule has 0 bridgehead atoms. The highest BCUT2D eigenvalue weighted by Crippen LogP contribution is 2.16. The van der Waals surface area contributed by atoms with Gasteiger partial charge in [0.05, 0.1) is 11.3 Å². The SMILES string of the molecule is O=C(C[n+]1ccc2ccccc2c1C(=O)CCl)c1ccccc1. The average Bonchev–Trinajstić information content (AvgIpc) is 2.61. The average molecular weight is 325 g/mol. The summed E-state index contributed by atoms with van der Waals surface area (Å²) in [7, 11) is 0. The molecule has 0 spiro atoms. The molecule has 2 aromatic carbocycles. The highest BCUT2D eigenvalue weighted by Gasteiger charge is 2.24. The fourth-order valence-electron chi connectivity index (χ4n) is 2.63. The van der Waals surface area contributed by atoms with E-state index in [1.54, 1.807) is 22.9 Å². The molecular weight excluding hydrogens is 310 g/mol. The molecule has 0 amide bonds. The van der Waals surface area contributed by atoms with Crippen molar-refractivity contribution in [2.24, 2.45) is 0 Å². The van der Waals surface area contributed by atoms with Gasteiger partial charge in [-0.25, -0.2) is 0 Å². The van der Waals surface area contributed by atoms with Gasteiger partial charge in [-0.2, -0.15) is 4.57 Å². The first-order chi connectivity index (χ1) is 11.2. The lowest BCUT2D eigenvalue weighted by Gasteiger charge is -2.06. The van der Waals surface area contributed by atoms with Gasteiger partial charge in [0.25, 0.3) is 5.69 Å². The first-order valence-corrected chi connectivity index (χ1v) is 7.83. The van der Waals surface area contributed by atoms with Gasteiger partial charge in [-0.05, 0) is 11.5 Å². The van der Waals surface area contributed by atoms with Gasteiger partial charge in [-0.15, -0.1) is 11.6 Å². The van der Waals surface area contributed by atoms with Gasteiger partial charge in [0, 0.05) is 11.6 Å². The third kappa shape index (κ3) is 3.15. The Hall–Kier alpha value is -2.52. The number of aromatic nitrogens is 1. The molecule has 0 N–H and O–H groups in total. The molecule has 1 aromatic heterocycles. The number of halogens is 1. The van der Waals surface area contributed by atoms with Crippen LogP contribution >= 0.6 is 11.6 Å². The maximum atomic E-state index is 12.4. The highest BCUT2D eigenvalue weighted by molar-refractivity contribution is 6.31. The second kappa shape index (κ2) is 6.71. The summed E-state index contributed by atoms with van der Waals surface area (Å²) in [6.45, 7) is 0.104. The summed E-state index contributed by atoms with van der Waals surface area (Å²) < 4.78 is 1.68. The molecule has 3 nitrogen and oxygen atoms in total. The summed E-state index contributed by atoms with van der Waals surface area (Å²) in [6.07, 6.45) is 1.77. The van der Waals surface area contributed by atoms with Crippen molar-refractivity contribution in [1.82, 2.24) is 0 Å². The van der Waals surface area contributed by atoms with Crippen molar-refractivity contribution in [2.75, 3.05) is 5.88 Å². The van der Waals surface area contributed by atoms with Crippen LogP contribution in [0, 0.1) is 0 Å². The van der Waals surface area contributed by atoms with Crippen LogP contribution in [0.1, 0.15) is 20.8 Å². The summed E-state index contributed by atoms with van der Waals surface area (Å²) in [6, 6.07) is 18.5. The van der Waals surface area contributed by atoms with Crippen molar-refractivity contribution in [3.63, 3.8) is 0 Å². The second-order valence-corrected chi connectivity index (χ2v) is 5.49. The van der Waals surface area contributed by atoms with Crippen LogP contribution in [0.2, 0.25) is 0 Å². The zero-order valence-corrected chi connectivity index (χ0v) is 13.2. The number of pyridine rings is 1. The van der Waals surface area contributed by atoms with Crippen molar-refractivity contribution in [3.05, 3.63) is 78.1 Å². The Morgan fingerprint density at radius 1 is 0.870 bits per heavy atom. The number of benzene rings is 2. The van der Waals surface area contributed by atoms with E-state index in [1.165, 1.54) is 0 Å². The molecule has 0 aliphatic heterocycles. The number of nitrogens with zero attached hydrogens (tertiary/aromatic N) is 1. The third-order valence-corrected chi connectivity index (χ3v) is 3.98. The molecule has 0 aliphatic carbocycles. The van der Waals surface area contributed by atoms with Gasteiger partial charge < -0.3 is 0 Å². The number of carbonyl (C=O) groups is 2. The molecule has 4 heteroatoms. The number of alkyl halides is 1. The summed E-state index contributed by atoms with van der Waals surface area (Å²) in [5.74, 6) is -0.355. The van der Waals surface area contributed by atoms with E-state index in [9.17, 15) is 9.59 Å². The van der Waals surface area contributed by atoms with Crippen LogP contribution in [0.25, 0.3) is 10.8 Å². The summed E-state index contributed by atoms with van der Waals surface area (Å²) in [5.41, 5.74) is 1.10. The zero-order valence-electron chi connectivity index (χ0n) is 12.4. The monoisotopic (exact) mass is 324 g/mol. The third-order valence-electron chi connectivity index (χ3n) is 3.73. The van der Waals surface area contributed by atoms with Crippen LogP contribution < -0.4 is 4.57 Å².